The average Bonchev–Trinajstić information content (AvgIpc) is 2.60. The molecule has 0 fully saturated rings. The van der Waals surface area contributed by atoms with E-state index < -0.39 is 0 Å². The van der Waals surface area contributed by atoms with Gasteiger partial charge in [-0.3, -0.25) is 4.79 Å². The number of aliphatic hydroxyl groups excluding tert-OH is 1. The lowest BCUT2D eigenvalue weighted by Gasteiger charge is -2.06. The predicted octanol–water partition coefficient (Wildman–Crippen LogP) is 6.17. The highest BCUT2D eigenvalue weighted by Crippen LogP contribution is 2.14. The number of hydrogen-bond acceptors (Lipinski definition) is 3. The van der Waals surface area contributed by atoms with E-state index in [9.17, 15) is 9.90 Å². The first-order valence-corrected chi connectivity index (χ1v) is 10.5. The number of aliphatic hydroxyl groups is 1. The summed E-state index contributed by atoms with van der Waals surface area (Å²) in [5.41, 5.74) is 0. The van der Waals surface area contributed by atoms with Crippen molar-refractivity contribution in [3.63, 3.8) is 0 Å². The molecule has 1 unspecified atom stereocenters. The normalized spacial score (nSPS) is 12.3. The van der Waals surface area contributed by atoms with Crippen LogP contribution in [0.2, 0.25) is 0 Å². The Balaban J connectivity index is 3.04. The van der Waals surface area contributed by atoms with E-state index in [0.717, 1.165) is 25.7 Å². The van der Waals surface area contributed by atoms with Gasteiger partial charge in [-0.15, -0.1) is 0 Å². The lowest BCUT2D eigenvalue weighted by atomic mass is 10.0. The first-order valence-electron chi connectivity index (χ1n) is 10.5. The molecule has 3 heteroatoms. The van der Waals surface area contributed by atoms with Crippen LogP contribution in [0.15, 0.2) is 0 Å². The molecule has 0 aromatic heterocycles. The number of rotatable bonds is 18. The summed E-state index contributed by atoms with van der Waals surface area (Å²) in [7, 11) is 1.46. The highest BCUT2D eigenvalue weighted by atomic mass is 16.5. The van der Waals surface area contributed by atoms with E-state index in [1.807, 2.05) is 0 Å². The van der Waals surface area contributed by atoms with Crippen LogP contribution in [0.1, 0.15) is 116 Å². The zero-order valence-electron chi connectivity index (χ0n) is 16.4. The smallest absolute Gasteiger partial charge is 0.305 e. The molecule has 24 heavy (non-hydrogen) atoms. The molecular weight excluding hydrogens is 300 g/mol. The minimum absolute atomic E-state index is 0.0714. The fourth-order valence-corrected chi connectivity index (χ4v) is 3.08. The number of esters is 1. The Morgan fingerprint density at radius 2 is 1.12 bits per heavy atom. The Morgan fingerprint density at radius 1 is 0.750 bits per heavy atom. The molecule has 0 radical (unpaired) electrons. The van der Waals surface area contributed by atoms with Crippen molar-refractivity contribution in [3.05, 3.63) is 0 Å². The maximum absolute atomic E-state index is 11.0. The van der Waals surface area contributed by atoms with E-state index in [0.29, 0.717) is 6.42 Å². The summed E-state index contributed by atoms with van der Waals surface area (Å²) < 4.78 is 4.63. The zero-order valence-corrected chi connectivity index (χ0v) is 16.4. The second-order valence-corrected chi connectivity index (χ2v) is 7.13. The third-order valence-electron chi connectivity index (χ3n) is 4.87. The van der Waals surface area contributed by atoms with Gasteiger partial charge in [0.1, 0.15) is 0 Å². The predicted molar refractivity (Wildman–Crippen MR) is 102 cm³/mol. The molecule has 0 spiro atoms. The molecule has 0 bridgehead atoms. The monoisotopic (exact) mass is 342 g/mol. The van der Waals surface area contributed by atoms with Crippen LogP contribution in [0.3, 0.4) is 0 Å². The zero-order chi connectivity index (χ0) is 17.9. The van der Waals surface area contributed by atoms with Gasteiger partial charge in [-0.05, 0) is 19.3 Å². The molecule has 144 valence electrons. The van der Waals surface area contributed by atoms with Crippen LogP contribution >= 0.6 is 0 Å². The van der Waals surface area contributed by atoms with E-state index >= 15 is 0 Å². The van der Waals surface area contributed by atoms with Crippen molar-refractivity contribution in [1.29, 1.82) is 0 Å². The maximum Gasteiger partial charge on any atom is 0.305 e. The summed E-state index contributed by atoms with van der Waals surface area (Å²) in [6, 6.07) is 0. The van der Waals surface area contributed by atoms with Gasteiger partial charge in [0.05, 0.1) is 13.2 Å². The van der Waals surface area contributed by atoms with Crippen LogP contribution in [0.25, 0.3) is 0 Å². The van der Waals surface area contributed by atoms with E-state index in [1.165, 1.54) is 84.2 Å². The fraction of sp³-hybridized carbons (Fsp3) is 0.952. The molecule has 0 aliphatic rings. The Labute approximate surface area is 150 Å². The van der Waals surface area contributed by atoms with Crippen molar-refractivity contribution in [2.75, 3.05) is 7.11 Å². The number of carbonyl (C=O) groups is 1. The summed E-state index contributed by atoms with van der Waals surface area (Å²) in [5.74, 6) is -0.0754. The number of ether oxygens (including phenoxy) is 1. The molecule has 0 aliphatic carbocycles. The van der Waals surface area contributed by atoms with E-state index in [2.05, 4.69) is 11.7 Å². The molecule has 0 saturated heterocycles. The molecule has 0 aromatic carbocycles. The molecular formula is C21H42O3. The van der Waals surface area contributed by atoms with Gasteiger partial charge in [0.25, 0.3) is 0 Å². The van der Waals surface area contributed by atoms with Gasteiger partial charge in [0.2, 0.25) is 0 Å². The summed E-state index contributed by atoms with van der Waals surface area (Å²) in [6.45, 7) is 2.05. The van der Waals surface area contributed by atoms with E-state index in [1.54, 1.807) is 0 Å². The van der Waals surface area contributed by atoms with Gasteiger partial charge in [-0.25, -0.2) is 0 Å². The summed E-state index contributed by atoms with van der Waals surface area (Å²) in [6.07, 6.45) is 20.5. The standard InChI is InChI=1S/C21H42O3/c1-3-20(22)18-16-14-12-10-8-6-4-5-7-9-11-13-15-17-19-21(23)24-2/h20,22H,3-19H2,1-2H3. The molecule has 1 atom stereocenters. The fourth-order valence-electron chi connectivity index (χ4n) is 3.08. The van der Waals surface area contributed by atoms with Crippen LogP contribution in [0.5, 0.6) is 0 Å². The molecule has 0 aliphatic heterocycles. The summed E-state index contributed by atoms with van der Waals surface area (Å²) in [4.78, 5) is 11.0. The number of methoxy groups -OCH3 is 1. The lowest BCUT2D eigenvalue weighted by molar-refractivity contribution is -0.140. The molecule has 0 rings (SSSR count). The van der Waals surface area contributed by atoms with Crippen LogP contribution in [-0.4, -0.2) is 24.3 Å². The molecule has 0 heterocycles. The molecule has 0 aromatic rings. The number of hydrogen-bond donors (Lipinski definition) is 1. The first-order chi connectivity index (χ1) is 11.7. The quantitative estimate of drug-likeness (QED) is 0.239. The van der Waals surface area contributed by atoms with Crippen LogP contribution in [0, 0.1) is 0 Å². The van der Waals surface area contributed by atoms with Crippen LogP contribution in [-0.2, 0) is 9.53 Å². The van der Waals surface area contributed by atoms with Crippen molar-refractivity contribution in [1.82, 2.24) is 0 Å². The third-order valence-corrected chi connectivity index (χ3v) is 4.87. The van der Waals surface area contributed by atoms with Crippen LogP contribution < -0.4 is 0 Å². The second kappa shape index (κ2) is 18.8. The first kappa shape index (κ1) is 23.4. The topological polar surface area (TPSA) is 46.5 Å². The third kappa shape index (κ3) is 17.8. The summed E-state index contributed by atoms with van der Waals surface area (Å²) >= 11 is 0. The molecule has 0 amide bonds. The molecule has 1 N–H and O–H groups in total. The van der Waals surface area contributed by atoms with Gasteiger partial charge in [0.15, 0.2) is 0 Å². The number of carbonyl (C=O) groups excluding carboxylic acids is 1. The van der Waals surface area contributed by atoms with Crippen molar-refractivity contribution in [2.24, 2.45) is 0 Å². The highest BCUT2D eigenvalue weighted by molar-refractivity contribution is 5.68. The Morgan fingerprint density at radius 3 is 1.50 bits per heavy atom. The average molecular weight is 343 g/mol. The van der Waals surface area contributed by atoms with Crippen LogP contribution in [0.4, 0.5) is 0 Å². The highest BCUT2D eigenvalue weighted by Gasteiger charge is 2.00. The van der Waals surface area contributed by atoms with Crippen molar-refractivity contribution < 1.29 is 14.6 Å². The van der Waals surface area contributed by atoms with E-state index in [4.69, 9.17) is 0 Å². The minimum atomic E-state index is -0.0754. The van der Waals surface area contributed by atoms with Gasteiger partial charge in [-0.2, -0.15) is 0 Å². The SMILES string of the molecule is CCC(O)CCCCCCCCCCCCCCCCC(=O)OC. The van der Waals surface area contributed by atoms with Gasteiger partial charge in [-0.1, -0.05) is 90.4 Å². The molecule has 3 nitrogen and oxygen atoms in total. The Bertz CT molecular complexity index is 266. The second-order valence-electron chi connectivity index (χ2n) is 7.13. The van der Waals surface area contributed by atoms with Gasteiger partial charge in [0, 0.05) is 6.42 Å². The van der Waals surface area contributed by atoms with Crippen molar-refractivity contribution in [3.8, 4) is 0 Å². The van der Waals surface area contributed by atoms with Gasteiger partial charge >= 0.3 is 5.97 Å². The van der Waals surface area contributed by atoms with E-state index in [-0.39, 0.29) is 12.1 Å². The van der Waals surface area contributed by atoms with Crippen molar-refractivity contribution >= 4 is 5.97 Å². The maximum atomic E-state index is 11.0. The largest absolute Gasteiger partial charge is 0.469 e. The van der Waals surface area contributed by atoms with Gasteiger partial charge < -0.3 is 9.84 Å². The Hall–Kier alpha value is -0.570. The molecule has 0 saturated carbocycles. The Kier molecular flexibility index (Phi) is 18.3. The lowest BCUT2D eigenvalue weighted by Crippen LogP contribution is -2.03. The minimum Gasteiger partial charge on any atom is -0.469 e. The van der Waals surface area contributed by atoms with Crippen molar-refractivity contribution in [2.45, 2.75) is 122 Å². The number of unbranched alkanes of at least 4 members (excludes halogenated alkanes) is 13. The summed E-state index contributed by atoms with van der Waals surface area (Å²) in [5, 5.41) is 9.48.